The van der Waals surface area contributed by atoms with Gasteiger partial charge in [-0.3, -0.25) is 9.48 Å². The number of aryl methyl sites for hydroxylation is 1. The molecule has 4 rings (SSSR count). The number of rotatable bonds is 9. The summed E-state index contributed by atoms with van der Waals surface area (Å²) >= 11 is 1.31. The van der Waals surface area contributed by atoms with E-state index in [0.29, 0.717) is 29.0 Å². The van der Waals surface area contributed by atoms with Crippen molar-refractivity contribution in [3.63, 3.8) is 0 Å². The van der Waals surface area contributed by atoms with Crippen LogP contribution in [0.3, 0.4) is 0 Å². The SMILES string of the molecule is CCOc1ccccc1NC(=O)CSc1nnc(-c2cn(C)nc2-c2cccc(OC)c2)n1C. The third kappa shape index (κ3) is 5.07. The van der Waals surface area contributed by atoms with Gasteiger partial charge in [-0.05, 0) is 31.2 Å². The molecule has 4 aromatic rings. The van der Waals surface area contributed by atoms with Gasteiger partial charge in [0.05, 0.1) is 30.7 Å². The number of para-hydroxylation sites is 2. The quantitative estimate of drug-likeness (QED) is 0.363. The first-order valence-corrected chi connectivity index (χ1v) is 11.7. The van der Waals surface area contributed by atoms with E-state index in [1.807, 2.05) is 80.3 Å². The standard InChI is InChI=1S/C24H26N6O3S/c1-5-33-20-12-7-6-11-19(20)25-21(31)15-34-24-27-26-23(30(24)3)18-14-29(2)28-22(18)16-9-8-10-17(13-16)32-4/h6-14H,5,15H2,1-4H3,(H,25,31). The molecule has 0 saturated carbocycles. The van der Waals surface area contributed by atoms with Crippen molar-refractivity contribution in [2.24, 2.45) is 14.1 Å². The number of methoxy groups -OCH3 is 1. The van der Waals surface area contributed by atoms with E-state index in [2.05, 4.69) is 20.6 Å². The van der Waals surface area contributed by atoms with Gasteiger partial charge < -0.3 is 19.4 Å². The van der Waals surface area contributed by atoms with E-state index in [4.69, 9.17) is 9.47 Å². The molecule has 2 heterocycles. The second-order valence-electron chi connectivity index (χ2n) is 7.43. The lowest BCUT2D eigenvalue weighted by Crippen LogP contribution is -2.15. The summed E-state index contributed by atoms with van der Waals surface area (Å²) in [6.07, 6.45) is 1.91. The molecule has 0 bridgehead atoms. The minimum Gasteiger partial charge on any atom is -0.497 e. The number of carbonyl (C=O) groups is 1. The van der Waals surface area contributed by atoms with E-state index < -0.39 is 0 Å². The number of aromatic nitrogens is 5. The maximum atomic E-state index is 12.6. The van der Waals surface area contributed by atoms with Crippen molar-refractivity contribution >= 4 is 23.4 Å². The Morgan fingerprint density at radius 2 is 1.94 bits per heavy atom. The summed E-state index contributed by atoms with van der Waals surface area (Å²) in [6, 6.07) is 15.1. The molecule has 1 N–H and O–H groups in total. The zero-order chi connectivity index (χ0) is 24.1. The maximum absolute atomic E-state index is 12.6. The average Bonchev–Trinajstić information content (AvgIpc) is 3.41. The minimum atomic E-state index is -0.153. The summed E-state index contributed by atoms with van der Waals surface area (Å²) in [5, 5.41) is 16.8. The molecule has 0 spiro atoms. The van der Waals surface area contributed by atoms with Crippen LogP contribution in [0.1, 0.15) is 6.92 Å². The molecule has 0 saturated heterocycles. The summed E-state index contributed by atoms with van der Waals surface area (Å²) in [4.78, 5) is 12.6. The molecule has 0 aliphatic rings. The molecule has 9 nitrogen and oxygen atoms in total. The summed E-state index contributed by atoms with van der Waals surface area (Å²) < 4.78 is 14.5. The molecule has 0 unspecified atom stereocenters. The molecule has 0 aliphatic heterocycles. The van der Waals surface area contributed by atoms with Crippen LogP contribution >= 0.6 is 11.8 Å². The Morgan fingerprint density at radius 1 is 1.12 bits per heavy atom. The van der Waals surface area contributed by atoms with Gasteiger partial charge in [0, 0.05) is 25.9 Å². The van der Waals surface area contributed by atoms with Crippen molar-refractivity contribution in [2.45, 2.75) is 12.1 Å². The first kappa shape index (κ1) is 23.4. The topological polar surface area (TPSA) is 96.1 Å². The third-order valence-electron chi connectivity index (χ3n) is 5.04. The van der Waals surface area contributed by atoms with Gasteiger partial charge in [0.15, 0.2) is 11.0 Å². The summed E-state index contributed by atoms with van der Waals surface area (Å²) in [5.74, 6) is 2.09. The van der Waals surface area contributed by atoms with Gasteiger partial charge in [-0.2, -0.15) is 5.10 Å². The third-order valence-corrected chi connectivity index (χ3v) is 6.06. The number of ether oxygens (including phenoxy) is 2. The highest BCUT2D eigenvalue weighted by molar-refractivity contribution is 7.99. The van der Waals surface area contributed by atoms with Crippen LogP contribution in [0, 0.1) is 0 Å². The predicted octanol–water partition coefficient (Wildman–Crippen LogP) is 4.02. The van der Waals surface area contributed by atoms with Crippen LogP contribution in [-0.2, 0) is 18.9 Å². The van der Waals surface area contributed by atoms with Crippen LogP contribution in [0.5, 0.6) is 11.5 Å². The zero-order valence-corrected chi connectivity index (χ0v) is 20.3. The van der Waals surface area contributed by atoms with Crippen LogP contribution in [0.2, 0.25) is 0 Å². The van der Waals surface area contributed by atoms with Crippen molar-refractivity contribution in [2.75, 3.05) is 24.8 Å². The number of nitrogens with zero attached hydrogens (tertiary/aromatic N) is 5. The zero-order valence-electron chi connectivity index (χ0n) is 19.5. The average molecular weight is 479 g/mol. The Morgan fingerprint density at radius 3 is 2.74 bits per heavy atom. The normalized spacial score (nSPS) is 10.8. The smallest absolute Gasteiger partial charge is 0.234 e. The van der Waals surface area contributed by atoms with E-state index in [1.165, 1.54) is 11.8 Å². The van der Waals surface area contributed by atoms with Crippen LogP contribution in [0.25, 0.3) is 22.6 Å². The number of benzene rings is 2. The first-order chi connectivity index (χ1) is 16.5. The summed E-state index contributed by atoms with van der Waals surface area (Å²) in [7, 11) is 5.38. The molecule has 2 aromatic carbocycles. The molecule has 0 fully saturated rings. The minimum absolute atomic E-state index is 0.153. The van der Waals surface area contributed by atoms with Gasteiger partial charge in [0.2, 0.25) is 5.91 Å². The molecule has 0 aliphatic carbocycles. The molecule has 1 amide bonds. The van der Waals surface area contributed by atoms with Gasteiger partial charge >= 0.3 is 0 Å². The molecule has 0 radical (unpaired) electrons. The fourth-order valence-corrected chi connectivity index (χ4v) is 4.19. The summed E-state index contributed by atoms with van der Waals surface area (Å²) in [5.41, 5.74) is 3.18. The Labute approximate surface area is 202 Å². The van der Waals surface area contributed by atoms with Crippen molar-refractivity contribution in [3.8, 4) is 34.1 Å². The molecule has 176 valence electrons. The van der Waals surface area contributed by atoms with Crippen LogP contribution in [-0.4, -0.2) is 49.9 Å². The van der Waals surface area contributed by atoms with Crippen molar-refractivity contribution < 1.29 is 14.3 Å². The number of anilines is 1. The number of hydrogen-bond donors (Lipinski definition) is 1. The van der Waals surface area contributed by atoms with Gasteiger partial charge in [-0.25, -0.2) is 0 Å². The molecular formula is C24H26N6O3S. The van der Waals surface area contributed by atoms with Crippen molar-refractivity contribution in [3.05, 3.63) is 54.7 Å². The highest BCUT2D eigenvalue weighted by Gasteiger charge is 2.20. The van der Waals surface area contributed by atoms with E-state index in [-0.39, 0.29) is 11.7 Å². The van der Waals surface area contributed by atoms with E-state index in [0.717, 1.165) is 22.6 Å². The number of amides is 1. The van der Waals surface area contributed by atoms with Crippen LogP contribution in [0.4, 0.5) is 5.69 Å². The number of hydrogen-bond acceptors (Lipinski definition) is 7. The van der Waals surface area contributed by atoms with E-state index in [9.17, 15) is 4.79 Å². The lowest BCUT2D eigenvalue weighted by molar-refractivity contribution is -0.113. The van der Waals surface area contributed by atoms with Gasteiger partial charge in [-0.15, -0.1) is 10.2 Å². The molecule has 34 heavy (non-hydrogen) atoms. The Hall–Kier alpha value is -3.79. The molecular weight excluding hydrogens is 452 g/mol. The highest BCUT2D eigenvalue weighted by Crippen LogP contribution is 2.33. The van der Waals surface area contributed by atoms with Crippen molar-refractivity contribution in [1.82, 2.24) is 24.5 Å². The van der Waals surface area contributed by atoms with E-state index >= 15 is 0 Å². The largest absolute Gasteiger partial charge is 0.497 e. The molecule has 2 aromatic heterocycles. The Balaban J connectivity index is 1.51. The molecule has 0 atom stereocenters. The van der Waals surface area contributed by atoms with Gasteiger partial charge in [-0.1, -0.05) is 36.0 Å². The Bertz CT molecular complexity index is 1300. The number of carbonyl (C=O) groups excluding carboxylic acids is 1. The van der Waals surface area contributed by atoms with Gasteiger partial charge in [0.1, 0.15) is 17.2 Å². The highest BCUT2D eigenvalue weighted by atomic mass is 32.2. The number of thioether (sulfide) groups is 1. The predicted molar refractivity (Wildman–Crippen MR) is 132 cm³/mol. The monoisotopic (exact) mass is 478 g/mol. The second kappa shape index (κ2) is 10.4. The lowest BCUT2D eigenvalue weighted by atomic mass is 10.1. The lowest BCUT2D eigenvalue weighted by Gasteiger charge is -2.11. The van der Waals surface area contributed by atoms with Crippen molar-refractivity contribution in [1.29, 1.82) is 0 Å². The first-order valence-electron chi connectivity index (χ1n) is 10.7. The Kier molecular flexibility index (Phi) is 7.17. The second-order valence-corrected chi connectivity index (χ2v) is 8.37. The van der Waals surface area contributed by atoms with Crippen LogP contribution in [0.15, 0.2) is 59.9 Å². The number of nitrogens with one attached hydrogen (secondary N) is 1. The fourth-order valence-electron chi connectivity index (χ4n) is 3.48. The van der Waals surface area contributed by atoms with Gasteiger partial charge in [0.25, 0.3) is 0 Å². The fraction of sp³-hybridized carbons (Fsp3) is 0.250. The van der Waals surface area contributed by atoms with Crippen LogP contribution < -0.4 is 14.8 Å². The molecule has 10 heteroatoms. The summed E-state index contributed by atoms with van der Waals surface area (Å²) in [6.45, 7) is 2.43. The van der Waals surface area contributed by atoms with E-state index in [1.54, 1.807) is 11.8 Å². The maximum Gasteiger partial charge on any atom is 0.234 e.